The number of hydrogen-bond donors (Lipinski definition) is 0. The molecule has 14 heavy (non-hydrogen) atoms. The summed E-state index contributed by atoms with van der Waals surface area (Å²) in [5, 5.41) is 1.14. The highest BCUT2D eigenvalue weighted by Crippen LogP contribution is 2.31. The van der Waals surface area contributed by atoms with Gasteiger partial charge in [-0.05, 0) is 20.8 Å². The Morgan fingerprint density at radius 2 is 2.00 bits per heavy atom. The van der Waals surface area contributed by atoms with Crippen molar-refractivity contribution in [3.63, 3.8) is 0 Å². The minimum absolute atomic E-state index is 0.243. The van der Waals surface area contributed by atoms with Crippen LogP contribution in [0.25, 0.3) is 0 Å². The first-order valence-corrected chi connectivity index (χ1v) is 4.47. The molecule has 0 radical (unpaired) electrons. The normalized spacial score (nSPS) is 30.4. The summed E-state index contributed by atoms with van der Waals surface area (Å²) >= 11 is 0. The number of hydroxylamine groups is 2. The molecule has 0 N–H and O–H groups in total. The van der Waals surface area contributed by atoms with Crippen molar-refractivity contribution in [1.29, 1.82) is 0 Å². The number of rotatable bonds is 2. The van der Waals surface area contributed by atoms with E-state index in [4.69, 9.17) is 14.3 Å². The third-order valence-corrected chi connectivity index (χ3v) is 2.18. The van der Waals surface area contributed by atoms with E-state index in [0.717, 1.165) is 5.06 Å². The predicted octanol–water partition coefficient (Wildman–Crippen LogP) is 0.548. The van der Waals surface area contributed by atoms with Gasteiger partial charge < -0.3 is 9.47 Å². The van der Waals surface area contributed by atoms with Gasteiger partial charge in [0.25, 0.3) is 5.91 Å². The van der Waals surface area contributed by atoms with Gasteiger partial charge in [-0.2, -0.15) is 0 Å². The zero-order valence-corrected chi connectivity index (χ0v) is 9.29. The van der Waals surface area contributed by atoms with Gasteiger partial charge in [-0.3, -0.25) is 9.63 Å². The predicted molar refractivity (Wildman–Crippen MR) is 49.3 cm³/mol. The first-order valence-electron chi connectivity index (χ1n) is 4.47. The number of carbonyl (C=O) groups is 1. The third-order valence-electron chi connectivity index (χ3n) is 2.18. The van der Waals surface area contributed by atoms with Crippen molar-refractivity contribution in [3.05, 3.63) is 0 Å². The zero-order chi connectivity index (χ0) is 11.0. The molecule has 5 nitrogen and oxygen atoms in total. The zero-order valence-electron chi connectivity index (χ0n) is 9.29. The van der Waals surface area contributed by atoms with Gasteiger partial charge in [-0.15, -0.1) is 0 Å². The van der Waals surface area contributed by atoms with E-state index in [1.54, 1.807) is 27.8 Å². The highest BCUT2D eigenvalue weighted by atomic mass is 16.8. The molecule has 1 aliphatic heterocycles. The molecule has 0 unspecified atom stereocenters. The van der Waals surface area contributed by atoms with E-state index in [9.17, 15) is 4.79 Å². The van der Waals surface area contributed by atoms with Gasteiger partial charge in [0.1, 0.15) is 0 Å². The Kier molecular flexibility index (Phi) is 2.85. The van der Waals surface area contributed by atoms with Gasteiger partial charge in [0.15, 0.2) is 11.4 Å². The number of hydrogen-bond acceptors (Lipinski definition) is 4. The molecule has 1 saturated heterocycles. The molecule has 0 aromatic rings. The molecule has 0 aromatic heterocycles. The quantitative estimate of drug-likeness (QED) is 0.615. The topological polar surface area (TPSA) is 48.0 Å². The average Bonchev–Trinajstić information content (AvgIpc) is 2.39. The number of nitrogens with zero attached hydrogens (tertiary/aromatic N) is 1. The molecule has 0 aromatic carbocycles. The molecule has 0 spiro atoms. The number of likely N-dealkylation sites (N-methyl/N-ethyl adjacent to an activating group) is 1. The van der Waals surface area contributed by atoms with E-state index in [0.29, 0.717) is 0 Å². The fourth-order valence-corrected chi connectivity index (χ4v) is 1.43. The molecule has 5 heteroatoms. The van der Waals surface area contributed by atoms with Crippen molar-refractivity contribution in [2.45, 2.75) is 32.2 Å². The molecule has 82 valence electrons. The van der Waals surface area contributed by atoms with Gasteiger partial charge in [0.05, 0.1) is 13.7 Å². The Bertz CT molecular complexity index is 241. The number of ether oxygens (including phenoxy) is 2. The van der Waals surface area contributed by atoms with E-state index in [1.807, 2.05) is 0 Å². The largest absolute Gasteiger partial charge is 0.347 e. The van der Waals surface area contributed by atoms with Crippen LogP contribution in [0.4, 0.5) is 0 Å². The SMILES string of the molecule is CON(C)C(=O)[C@@]1(C)COC(C)(C)O1. The van der Waals surface area contributed by atoms with Crippen molar-refractivity contribution in [2.75, 3.05) is 20.8 Å². The fraction of sp³-hybridized carbons (Fsp3) is 0.889. The van der Waals surface area contributed by atoms with Crippen LogP contribution in [-0.4, -0.2) is 43.1 Å². The molecule has 0 bridgehead atoms. The molecule has 1 fully saturated rings. The van der Waals surface area contributed by atoms with Crippen LogP contribution in [0.2, 0.25) is 0 Å². The van der Waals surface area contributed by atoms with E-state index in [2.05, 4.69) is 0 Å². The highest BCUT2D eigenvalue weighted by Gasteiger charge is 2.48. The summed E-state index contributed by atoms with van der Waals surface area (Å²) in [6, 6.07) is 0. The Morgan fingerprint density at radius 1 is 1.43 bits per heavy atom. The lowest BCUT2D eigenvalue weighted by atomic mass is 10.1. The summed E-state index contributed by atoms with van der Waals surface area (Å²) in [5.41, 5.74) is -0.950. The Balaban J connectivity index is 2.73. The van der Waals surface area contributed by atoms with Crippen molar-refractivity contribution >= 4 is 5.91 Å². The minimum atomic E-state index is -0.950. The Morgan fingerprint density at radius 3 is 2.36 bits per heavy atom. The Labute approximate surface area is 83.9 Å². The smallest absolute Gasteiger partial charge is 0.280 e. The number of amides is 1. The van der Waals surface area contributed by atoms with Crippen molar-refractivity contribution in [2.24, 2.45) is 0 Å². The second kappa shape index (κ2) is 3.49. The van der Waals surface area contributed by atoms with Crippen LogP contribution in [0.3, 0.4) is 0 Å². The summed E-state index contributed by atoms with van der Waals surface area (Å²) in [4.78, 5) is 16.6. The first-order chi connectivity index (χ1) is 6.31. The lowest BCUT2D eigenvalue weighted by Gasteiger charge is -2.27. The maximum atomic E-state index is 11.8. The standard InChI is InChI=1S/C9H17NO4/c1-8(2)13-6-9(3,14-8)7(11)10(4)12-5/h6H2,1-5H3/t9-/m1/s1. The molecule has 1 atom stereocenters. The molecule has 1 amide bonds. The fourth-order valence-electron chi connectivity index (χ4n) is 1.43. The van der Waals surface area contributed by atoms with Crippen LogP contribution < -0.4 is 0 Å². The lowest BCUT2D eigenvalue weighted by molar-refractivity contribution is -0.202. The molecule has 1 rings (SSSR count). The van der Waals surface area contributed by atoms with E-state index >= 15 is 0 Å². The van der Waals surface area contributed by atoms with Crippen LogP contribution >= 0.6 is 0 Å². The molecular formula is C9H17NO4. The summed E-state index contributed by atoms with van der Waals surface area (Å²) in [5.74, 6) is -0.954. The second-order valence-electron chi connectivity index (χ2n) is 4.01. The average molecular weight is 203 g/mol. The summed E-state index contributed by atoms with van der Waals surface area (Å²) in [6.07, 6.45) is 0. The molecule has 1 aliphatic rings. The minimum Gasteiger partial charge on any atom is -0.347 e. The van der Waals surface area contributed by atoms with Crippen LogP contribution in [0.1, 0.15) is 20.8 Å². The van der Waals surface area contributed by atoms with E-state index < -0.39 is 11.4 Å². The van der Waals surface area contributed by atoms with Crippen molar-refractivity contribution in [3.8, 4) is 0 Å². The van der Waals surface area contributed by atoms with Crippen LogP contribution in [0.15, 0.2) is 0 Å². The van der Waals surface area contributed by atoms with Gasteiger partial charge in [0, 0.05) is 7.05 Å². The van der Waals surface area contributed by atoms with Crippen molar-refractivity contribution < 1.29 is 19.1 Å². The second-order valence-corrected chi connectivity index (χ2v) is 4.01. The van der Waals surface area contributed by atoms with Crippen LogP contribution in [0, 0.1) is 0 Å². The maximum Gasteiger partial charge on any atom is 0.280 e. The van der Waals surface area contributed by atoms with Crippen molar-refractivity contribution in [1.82, 2.24) is 5.06 Å². The first kappa shape index (κ1) is 11.4. The number of carbonyl (C=O) groups excluding carboxylic acids is 1. The summed E-state index contributed by atoms with van der Waals surface area (Å²) in [7, 11) is 2.98. The van der Waals surface area contributed by atoms with Gasteiger partial charge >= 0.3 is 0 Å². The summed E-state index contributed by atoms with van der Waals surface area (Å²) < 4.78 is 10.9. The molecule has 0 aliphatic carbocycles. The molecule has 0 saturated carbocycles. The highest BCUT2D eigenvalue weighted by molar-refractivity contribution is 5.84. The van der Waals surface area contributed by atoms with Crippen LogP contribution in [-0.2, 0) is 19.1 Å². The monoisotopic (exact) mass is 203 g/mol. The van der Waals surface area contributed by atoms with E-state index in [-0.39, 0.29) is 12.5 Å². The van der Waals surface area contributed by atoms with Crippen LogP contribution in [0.5, 0.6) is 0 Å². The maximum absolute atomic E-state index is 11.8. The van der Waals surface area contributed by atoms with Gasteiger partial charge in [0.2, 0.25) is 0 Å². The lowest BCUT2D eigenvalue weighted by Crippen LogP contribution is -2.47. The molecular weight excluding hydrogens is 186 g/mol. The van der Waals surface area contributed by atoms with Gasteiger partial charge in [-0.25, -0.2) is 5.06 Å². The summed E-state index contributed by atoms with van der Waals surface area (Å²) in [6.45, 7) is 5.49. The Hall–Kier alpha value is -0.650. The van der Waals surface area contributed by atoms with Gasteiger partial charge in [-0.1, -0.05) is 0 Å². The third kappa shape index (κ3) is 2.05. The molecule has 1 heterocycles. The van der Waals surface area contributed by atoms with E-state index in [1.165, 1.54) is 7.11 Å².